The number of carbonyl (C=O) groups is 2. The van der Waals surface area contributed by atoms with Gasteiger partial charge in [0.1, 0.15) is 0 Å². The highest BCUT2D eigenvalue weighted by Gasteiger charge is 2.32. The summed E-state index contributed by atoms with van der Waals surface area (Å²) in [5.41, 5.74) is 5.64. The molecule has 1 fully saturated rings. The minimum absolute atomic E-state index is 0. The summed E-state index contributed by atoms with van der Waals surface area (Å²) in [6, 6.07) is -0.186. The third-order valence-electron chi connectivity index (χ3n) is 3.39. The third-order valence-corrected chi connectivity index (χ3v) is 3.39. The van der Waals surface area contributed by atoms with Gasteiger partial charge in [0.05, 0.1) is 13.5 Å². The number of esters is 1. The summed E-state index contributed by atoms with van der Waals surface area (Å²) in [6.45, 7) is 2.37. The summed E-state index contributed by atoms with van der Waals surface area (Å²) in [5.74, 6) is 0.0226. The molecule has 1 unspecified atom stereocenters. The van der Waals surface area contributed by atoms with Gasteiger partial charge < -0.3 is 15.8 Å². The van der Waals surface area contributed by atoms with Crippen LogP contribution in [0.1, 0.15) is 32.6 Å². The summed E-state index contributed by atoms with van der Waals surface area (Å²) in [6.07, 6.45) is 3.20. The molecule has 1 aliphatic carbocycles. The van der Waals surface area contributed by atoms with Gasteiger partial charge in [-0.05, 0) is 32.2 Å². The largest absolute Gasteiger partial charge is 0.469 e. The van der Waals surface area contributed by atoms with Gasteiger partial charge in [-0.3, -0.25) is 9.59 Å². The van der Waals surface area contributed by atoms with Gasteiger partial charge in [0, 0.05) is 12.0 Å². The molecule has 0 saturated heterocycles. The second kappa shape index (κ2) is 8.32. The van der Waals surface area contributed by atoms with Gasteiger partial charge >= 0.3 is 5.97 Å². The lowest BCUT2D eigenvalue weighted by molar-refractivity contribution is -0.141. The van der Waals surface area contributed by atoms with Crippen molar-refractivity contribution >= 4 is 24.3 Å². The molecule has 1 saturated carbocycles. The average molecular weight is 279 g/mol. The fourth-order valence-corrected chi connectivity index (χ4v) is 2.40. The van der Waals surface area contributed by atoms with Gasteiger partial charge in [0.25, 0.3) is 0 Å². The minimum atomic E-state index is -0.306. The minimum Gasteiger partial charge on any atom is -0.469 e. The van der Waals surface area contributed by atoms with Crippen LogP contribution in [0.3, 0.4) is 0 Å². The standard InChI is InChI=1S/C12H22N2O3.ClH/c1-8(6-11(15)17-2)14-12(16)10-5-3-4-9(10)7-13;/h8-10H,3-7,13H2,1-2H3,(H,14,16);1H/t8?,9-,10-;/m1./s1. The van der Waals surface area contributed by atoms with Gasteiger partial charge in [0.15, 0.2) is 0 Å². The molecular weight excluding hydrogens is 256 g/mol. The summed E-state index contributed by atoms with van der Waals surface area (Å²) >= 11 is 0. The van der Waals surface area contributed by atoms with E-state index < -0.39 is 0 Å². The number of nitrogens with two attached hydrogens (primary N) is 1. The van der Waals surface area contributed by atoms with E-state index in [4.69, 9.17) is 5.73 Å². The van der Waals surface area contributed by atoms with Crippen molar-refractivity contribution in [1.29, 1.82) is 0 Å². The second-order valence-corrected chi connectivity index (χ2v) is 4.72. The SMILES string of the molecule is COC(=O)CC(C)NC(=O)[C@@H]1CCC[C@@H]1CN.Cl. The van der Waals surface area contributed by atoms with Gasteiger partial charge in [-0.1, -0.05) is 6.42 Å². The van der Waals surface area contributed by atoms with Crippen molar-refractivity contribution in [2.75, 3.05) is 13.7 Å². The number of hydrogen-bond donors (Lipinski definition) is 2. The molecule has 0 radical (unpaired) electrons. The highest BCUT2D eigenvalue weighted by Crippen LogP contribution is 2.31. The molecular formula is C12H23ClN2O3. The number of amides is 1. The lowest BCUT2D eigenvalue weighted by Crippen LogP contribution is -2.40. The average Bonchev–Trinajstić information content (AvgIpc) is 2.76. The zero-order valence-electron chi connectivity index (χ0n) is 11.0. The van der Waals surface area contributed by atoms with Crippen molar-refractivity contribution in [2.45, 2.75) is 38.6 Å². The Hall–Kier alpha value is -0.810. The van der Waals surface area contributed by atoms with Crippen LogP contribution >= 0.6 is 12.4 Å². The number of methoxy groups -OCH3 is 1. The first-order valence-electron chi connectivity index (χ1n) is 6.15. The van der Waals surface area contributed by atoms with Gasteiger partial charge in [-0.15, -0.1) is 12.4 Å². The van der Waals surface area contributed by atoms with Crippen molar-refractivity contribution in [3.05, 3.63) is 0 Å². The number of halogens is 1. The molecule has 1 rings (SSSR count). The fraction of sp³-hybridized carbons (Fsp3) is 0.833. The third kappa shape index (κ3) is 4.82. The maximum Gasteiger partial charge on any atom is 0.307 e. The van der Waals surface area contributed by atoms with E-state index >= 15 is 0 Å². The molecule has 0 aromatic heterocycles. The number of ether oxygens (including phenoxy) is 1. The predicted molar refractivity (Wildman–Crippen MR) is 71.4 cm³/mol. The molecule has 3 N–H and O–H groups in total. The van der Waals surface area contributed by atoms with Crippen molar-refractivity contribution in [3.63, 3.8) is 0 Å². The van der Waals surface area contributed by atoms with Crippen LogP contribution in [0.25, 0.3) is 0 Å². The van der Waals surface area contributed by atoms with Gasteiger partial charge in [0.2, 0.25) is 5.91 Å². The maximum absolute atomic E-state index is 12.0. The molecule has 6 heteroatoms. The van der Waals surface area contributed by atoms with Crippen molar-refractivity contribution in [1.82, 2.24) is 5.32 Å². The molecule has 0 heterocycles. The predicted octanol–water partition coefficient (Wildman–Crippen LogP) is 0.851. The molecule has 0 aliphatic heterocycles. The van der Waals surface area contributed by atoms with Gasteiger partial charge in [-0.25, -0.2) is 0 Å². The Morgan fingerprint density at radius 1 is 1.44 bits per heavy atom. The van der Waals surface area contributed by atoms with Crippen LogP contribution in [0.4, 0.5) is 0 Å². The number of carbonyl (C=O) groups excluding carboxylic acids is 2. The summed E-state index contributed by atoms with van der Waals surface area (Å²) in [4.78, 5) is 23.0. The summed E-state index contributed by atoms with van der Waals surface area (Å²) in [7, 11) is 1.35. The molecule has 0 spiro atoms. The topological polar surface area (TPSA) is 81.4 Å². The Labute approximate surface area is 114 Å². The van der Waals surface area contributed by atoms with E-state index in [1.807, 2.05) is 0 Å². The van der Waals surface area contributed by atoms with Crippen LogP contribution in [0.15, 0.2) is 0 Å². The molecule has 0 bridgehead atoms. The molecule has 18 heavy (non-hydrogen) atoms. The maximum atomic E-state index is 12.0. The lowest BCUT2D eigenvalue weighted by atomic mass is 9.95. The first kappa shape index (κ1) is 17.2. The molecule has 1 amide bonds. The normalized spacial score (nSPS) is 23.9. The van der Waals surface area contributed by atoms with Crippen LogP contribution < -0.4 is 11.1 Å². The molecule has 5 nitrogen and oxygen atoms in total. The highest BCUT2D eigenvalue weighted by atomic mass is 35.5. The van der Waals surface area contributed by atoms with E-state index in [-0.39, 0.29) is 42.7 Å². The first-order valence-corrected chi connectivity index (χ1v) is 6.15. The van der Waals surface area contributed by atoms with Crippen molar-refractivity contribution in [2.24, 2.45) is 17.6 Å². The molecule has 0 aromatic carbocycles. The smallest absolute Gasteiger partial charge is 0.307 e. The first-order chi connectivity index (χ1) is 8.08. The fourth-order valence-electron chi connectivity index (χ4n) is 2.40. The Morgan fingerprint density at radius 3 is 2.67 bits per heavy atom. The van der Waals surface area contributed by atoms with Gasteiger partial charge in [-0.2, -0.15) is 0 Å². The zero-order valence-corrected chi connectivity index (χ0v) is 11.8. The van der Waals surface area contributed by atoms with Crippen LogP contribution in [-0.4, -0.2) is 31.6 Å². The molecule has 106 valence electrons. The van der Waals surface area contributed by atoms with Crippen molar-refractivity contribution in [3.8, 4) is 0 Å². The van der Waals surface area contributed by atoms with Crippen LogP contribution in [-0.2, 0) is 14.3 Å². The molecule has 0 aromatic rings. The quantitative estimate of drug-likeness (QED) is 0.731. The van der Waals surface area contributed by atoms with E-state index in [1.54, 1.807) is 6.92 Å². The Kier molecular flexibility index (Phi) is 7.95. The number of rotatable bonds is 5. The van der Waals surface area contributed by atoms with E-state index in [2.05, 4.69) is 10.1 Å². The lowest BCUT2D eigenvalue weighted by Gasteiger charge is -2.20. The molecule has 3 atom stereocenters. The van der Waals surface area contributed by atoms with E-state index in [9.17, 15) is 9.59 Å². The van der Waals surface area contributed by atoms with E-state index in [1.165, 1.54) is 7.11 Å². The van der Waals surface area contributed by atoms with Crippen LogP contribution in [0.2, 0.25) is 0 Å². The molecule has 1 aliphatic rings. The van der Waals surface area contributed by atoms with Crippen LogP contribution in [0.5, 0.6) is 0 Å². The second-order valence-electron chi connectivity index (χ2n) is 4.72. The van der Waals surface area contributed by atoms with E-state index in [0.29, 0.717) is 12.5 Å². The zero-order chi connectivity index (χ0) is 12.8. The van der Waals surface area contributed by atoms with Crippen LogP contribution in [0, 0.1) is 11.8 Å². The Morgan fingerprint density at radius 2 is 2.11 bits per heavy atom. The van der Waals surface area contributed by atoms with E-state index in [0.717, 1.165) is 19.3 Å². The highest BCUT2D eigenvalue weighted by molar-refractivity contribution is 5.85. The number of hydrogen-bond acceptors (Lipinski definition) is 4. The Balaban J connectivity index is 0.00000289. The Bertz CT molecular complexity index is 286. The monoisotopic (exact) mass is 278 g/mol. The number of nitrogens with one attached hydrogen (secondary N) is 1. The van der Waals surface area contributed by atoms with Crippen molar-refractivity contribution < 1.29 is 14.3 Å². The summed E-state index contributed by atoms with van der Waals surface area (Å²) < 4.78 is 4.56. The summed E-state index contributed by atoms with van der Waals surface area (Å²) in [5, 5.41) is 2.86.